The largest absolute Gasteiger partial charge is 0.485 e. The van der Waals surface area contributed by atoms with Gasteiger partial charge in [0.1, 0.15) is 6.61 Å². The number of rotatable bonds is 4. The molecule has 0 spiro atoms. The number of aromatic nitrogens is 1. The highest BCUT2D eigenvalue weighted by molar-refractivity contribution is 5.88. The Morgan fingerprint density at radius 3 is 2.93 bits per heavy atom. The quantitative estimate of drug-likeness (QED) is 0.803. The van der Waals surface area contributed by atoms with Gasteiger partial charge in [0.05, 0.1) is 0 Å². The Labute approximate surface area is 78.1 Å². The maximum absolute atomic E-state index is 11.8. The van der Waals surface area contributed by atoms with Crippen LogP contribution in [0.3, 0.4) is 0 Å². The zero-order valence-corrected chi connectivity index (χ0v) is 6.98. The lowest BCUT2D eigenvalue weighted by atomic mass is 10.3. The van der Waals surface area contributed by atoms with Crippen molar-refractivity contribution in [1.82, 2.24) is 4.98 Å². The van der Waals surface area contributed by atoms with Crippen LogP contribution in [0.2, 0.25) is 0 Å². The van der Waals surface area contributed by atoms with E-state index in [1.165, 1.54) is 18.3 Å². The van der Waals surface area contributed by atoms with E-state index in [1.54, 1.807) is 0 Å². The minimum atomic E-state index is -2.64. The molecule has 0 aromatic carbocycles. The number of carboxylic acid groups (broad SMARTS) is 1. The molecular weight excluding hydrogens is 196 g/mol. The number of carboxylic acids is 1. The highest BCUT2D eigenvalue weighted by Crippen LogP contribution is 2.15. The van der Waals surface area contributed by atoms with E-state index < -0.39 is 19.0 Å². The molecule has 0 saturated carbocycles. The Morgan fingerprint density at radius 1 is 1.64 bits per heavy atom. The molecule has 4 nitrogen and oxygen atoms in total. The SMILES string of the molecule is O=C(O)c1ncccc1OCC(F)F. The first-order chi connectivity index (χ1) is 6.61. The highest BCUT2D eigenvalue weighted by Gasteiger charge is 2.13. The van der Waals surface area contributed by atoms with Crippen molar-refractivity contribution in [2.45, 2.75) is 6.43 Å². The fourth-order valence-electron chi connectivity index (χ4n) is 0.820. The zero-order chi connectivity index (χ0) is 10.6. The van der Waals surface area contributed by atoms with Gasteiger partial charge in [0, 0.05) is 6.20 Å². The molecule has 1 aromatic heterocycles. The summed E-state index contributed by atoms with van der Waals surface area (Å²) in [6.45, 7) is -0.841. The highest BCUT2D eigenvalue weighted by atomic mass is 19.3. The number of aromatic carboxylic acids is 1. The third-order valence-corrected chi connectivity index (χ3v) is 1.34. The van der Waals surface area contributed by atoms with Gasteiger partial charge in [0.2, 0.25) is 0 Å². The molecule has 0 atom stereocenters. The van der Waals surface area contributed by atoms with Crippen molar-refractivity contribution in [3.8, 4) is 5.75 Å². The minimum Gasteiger partial charge on any atom is -0.485 e. The number of halogens is 2. The summed E-state index contributed by atoms with van der Waals surface area (Å²) in [5, 5.41) is 8.60. The Kier molecular flexibility index (Phi) is 3.33. The molecule has 0 unspecified atom stereocenters. The lowest BCUT2D eigenvalue weighted by Gasteiger charge is -2.06. The number of nitrogens with zero attached hydrogens (tertiary/aromatic N) is 1. The van der Waals surface area contributed by atoms with E-state index in [2.05, 4.69) is 9.72 Å². The summed E-state index contributed by atoms with van der Waals surface area (Å²) in [6, 6.07) is 2.69. The Bertz CT molecular complexity index is 330. The Morgan fingerprint density at radius 2 is 2.36 bits per heavy atom. The summed E-state index contributed by atoms with van der Waals surface area (Å²) in [5.74, 6) is -1.46. The smallest absolute Gasteiger partial charge is 0.358 e. The molecule has 1 aromatic rings. The molecule has 0 aliphatic carbocycles. The van der Waals surface area contributed by atoms with Crippen LogP contribution in [0, 0.1) is 0 Å². The van der Waals surface area contributed by atoms with Gasteiger partial charge in [0.25, 0.3) is 6.43 Å². The van der Waals surface area contributed by atoms with Crippen LogP contribution in [0.15, 0.2) is 18.3 Å². The second-order valence-electron chi connectivity index (χ2n) is 2.36. The van der Waals surface area contributed by atoms with Gasteiger partial charge in [-0.25, -0.2) is 18.6 Å². The third kappa shape index (κ3) is 2.65. The molecule has 0 amide bonds. The molecule has 14 heavy (non-hydrogen) atoms. The lowest BCUT2D eigenvalue weighted by molar-refractivity contribution is 0.0656. The fraction of sp³-hybridized carbons (Fsp3) is 0.250. The van der Waals surface area contributed by atoms with Gasteiger partial charge >= 0.3 is 5.97 Å². The van der Waals surface area contributed by atoms with E-state index in [0.29, 0.717) is 0 Å². The molecule has 0 bridgehead atoms. The minimum absolute atomic E-state index is 0.152. The average molecular weight is 203 g/mol. The number of alkyl halides is 2. The molecule has 76 valence electrons. The number of ether oxygens (including phenoxy) is 1. The Balaban J connectivity index is 2.79. The standard InChI is InChI=1S/C8H7F2NO3/c9-6(10)4-14-5-2-1-3-11-7(5)8(12)13/h1-3,6H,4H2,(H,12,13). The van der Waals surface area contributed by atoms with E-state index in [9.17, 15) is 13.6 Å². The van der Waals surface area contributed by atoms with Crippen molar-refractivity contribution in [1.29, 1.82) is 0 Å². The predicted molar refractivity (Wildman–Crippen MR) is 42.7 cm³/mol. The topological polar surface area (TPSA) is 59.4 Å². The van der Waals surface area contributed by atoms with Crippen LogP contribution in [-0.4, -0.2) is 29.1 Å². The van der Waals surface area contributed by atoms with Crippen LogP contribution in [0.5, 0.6) is 5.75 Å². The molecule has 0 fully saturated rings. The maximum Gasteiger partial charge on any atom is 0.358 e. The first kappa shape index (κ1) is 10.4. The van der Waals surface area contributed by atoms with Gasteiger partial charge in [-0.05, 0) is 12.1 Å². The predicted octanol–water partition coefficient (Wildman–Crippen LogP) is 1.42. The van der Waals surface area contributed by atoms with Crippen LogP contribution >= 0.6 is 0 Å². The molecule has 0 saturated heterocycles. The third-order valence-electron chi connectivity index (χ3n) is 1.34. The van der Waals surface area contributed by atoms with E-state index in [0.717, 1.165) is 0 Å². The van der Waals surface area contributed by atoms with Crippen LogP contribution in [-0.2, 0) is 0 Å². The van der Waals surface area contributed by atoms with Gasteiger partial charge in [-0.1, -0.05) is 0 Å². The zero-order valence-electron chi connectivity index (χ0n) is 6.98. The number of pyridine rings is 1. The molecule has 1 N–H and O–H groups in total. The van der Waals surface area contributed by atoms with Crippen LogP contribution in [0.25, 0.3) is 0 Å². The van der Waals surface area contributed by atoms with Crippen LogP contribution in [0.4, 0.5) is 8.78 Å². The summed E-state index contributed by atoms with van der Waals surface area (Å²) in [7, 11) is 0. The van der Waals surface area contributed by atoms with Crippen molar-refractivity contribution in [3.05, 3.63) is 24.0 Å². The summed E-state index contributed by atoms with van der Waals surface area (Å²) >= 11 is 0. The fourth-order valence-corrected chi connectivity index (χ4v) is 0.820. The number of carbonyl (C=O) groups is 1. The van der Waals surface area contributed by atoms with E-state index in [1.807, 2.05) is 0 Å². The lowest BCUT2D eigenvalue weighted by Crippen LogP contribution is -2.11. The molecule has 0 aliphatic heterocycles. The summed E-state index contributed by atoms with van der Waals surface area (Å²) in [6.07, 6.45) is -1.39. The van der Waals surface area contributed by atoms with Gasteiger partial charge < -0.3 is 9.84 Å². The van der Waals surface area contributed by atoms with Crippen molar-refractivity contribution in [3.63, 3.8) is 0 Å². The Hall–Kier alpha value is -1.72. The number of hydrogen-bond donors (Lipinski definition) is 1. The molecule has 0 aliphatic rings. The van der Waals surface area contributed by atoms with E-state index in [-0.39, 0.29) is 11.4 Å². The average Bonchev–Trinajstić information content (AvgIpc) is 2.15. The van der Waals surface area contributed by atoms with Crippen molar-refractivity contribution in [2.75, 3.05) is 6.61 Å². The number of hydrogen-bond acceptors (Lipinski definition) is 3. The molecule has 1 rings (SSSR count). The molecular formula is C8H7F2NO3. The summed E-state index contributed by atoms with van der Waals surface area (Å²) < 4.78 is 28.1. The second-order valence-corrected chi connectivity index (χ2v) is 2.36. The normalized spacial score (nSPS) is 10.2. The molecule has 0 radical (unpaired) electrons. The molecule has 6 heteroatoms. The van der Waals surface area contributed by atoms with Crippen LogP contribution in [0.1, 0.15) is 10.5 Å². The van der Waals surface area contributed by atoms with E-state index >= 15 is 0 Å². The monoisotopic (exact) mass is 203 g/mol. The van der Waals surface area contributed by atoms with Crippen molar-refractivity contribution >= 4 is 5.97 Å². The second kappa shape index (κ2) is 4.50. The van der Waals surface area contributed by atoms with Gasteiger partial charge in [-0.2, -0.15) is 0 Å². The van der Waals surface area contributed by atoms with Gasteiger partial charge in [-0.3, -0.25) is 0 Å². The first-order valence-corrected chi connectivity index (χ1v) is 3.70. The summed E-state index contributed by atoms with van der Waals surface area (Å²) in [5.41, 5.74) is -0.367. The van der Waals surface area contributed by atoms with Crippen LogP contribution < -0.4 is 4.74 Å². The first-order valence-electron chi connectivity index (χ1n) is 3.70. The summed E-state index contributed by atoms with van der Waals surface area (Å²) in [4.78, 5) is 14.0. The van der Waals surface area contributed by atoms with E-state index in [4.69, 9.17) is 5.11 Å². The molecule has 1 heterocycles. The van der Waals surface area contributed by atoms with Gasteiger partial charge in [-0.15, -0.1) is 0 Å². The van der Waals surface area contributed by atoms with Crippen molar-refractivity contribution < 1.29 is 23.4 Å². The maximum atomic E-state index is 11.8. The van der Waals surface area contributed by atoms with Crippen molar-refractivity contribution in [2.24, 2.45) is 0 Å². The van der Waals surface area contributed by atoms with Gasteiger partial charge in [0.15, 0.2) is 11.4 Å².